The average molecular weight is 273 g/mol. The first-order valence-electron chi connectivity index (χ1n) is 6.37. The van der Waals surface area contributed by atoms with Crippen molar-refractivity contribution >= 4 is 17.3 Å². The molecule has 2 N–H and O–H groups in total. The van der Waals surface area contributed by atoms with Gasteiger partial charge in [0.15, 0.2) is 0 Å². The summed E-state index contributed by atoms with van der Waals surface area (Å²) in [5, 5.41) is 5.61. The van der Waals surface area contributed by atoms with Crippen LogP contribution in [0.25, 0.3) is 0 Å². The Balaban J connectivity index is 2.13. The van der Waals surface area contributed by atoms with Crippen LogP contribution in [0, 0.1) is 12.7 Å². The third-order valence-electron chi connectivity index (χ3n) is 2.75. The average Bonchev–Trinajstić information content (AvgIpc) is 2.44. The minimum Gasteiger partial charge on any atom is -0.384 e. The number of hydrogen-bond acceptors (Lipinski definition) is 3. The number of aryl methyl sites for hydroxylation is 1. The number of pyridine rings is 1. The molecule has 0 aliphatic carbocycles. The molecular formula is C15H16FN3O. The topological polar surface area (TPSA) is 54.0 Å². The summed E-state index contributed by atoms with van der Waals surface area (Å²) in [6, 6.07) is 7.92. The number of nitrogens with one attached hydrogen (secondary N) is 2. The van der Waals surface area contributed by atoms with Gasteiger partial charge < -0.3 is 10.6 Å². The Morgan fingerprint density at radius 3 is 2.75 bits per heavy atom. The molecule has 0 spiro atoms. The zero-order valence-electron chi connectivity index (χ0n) is 11.4. The summed E-state index contributed by atoms with van der Waals surface area (Å²) in [4.78, 5) is 16.0. The number of anilines is 2. The molecule has 2 aromatic rings. The first-order valence-corrected chi connectivity index (χ1v) is 6.37. The maximum absolute atomic E-state index is 13.6. The summed E-state index contributed by atoms with van der Waals surface area (Å²) in [6.45, 7) is 4.58. The number of rotatable bonds is 4. The quantitative estimate of drug-likeness (QED) is 0.899. The summed E-state index contributed by atoms with van der Waals surface area (Å²) in [6.07, 6.45) is 1.57. The van der Waals surface area contributed by atoms with Gasteiger partial charge in [-0.2, -0.15) is 0 Å². The third-order valence-corrected chi connectivity index (χ3v) is 2.75. The largest absolute Gasteiger partial charge is 0.384 e. The van der Waals surface area contributed by atoms with E-state index in [0.717, 1.165) is 17.8 Å². The highest BCUT2D eigenvalue weighted by atomic mass is 19.1. The third kappa shape index (κ3) is 3.32. The summed E-state index contributed by atoms with van der Waals surface area (Å²) < 4.78 is 13.6. The van der Waals surface area contributed by atoms with E-state index in [1.165, 1.54) is 6.07 Å². The van der Waals surface area contributed by atoms with Crippen LogP contribution < -0.4 is 10.6 Å². The van der Waals surface area contributed by atoms with Crippen LogP contribution in [0.4, 0.5) is 15.8 Å². The van der Waals surface area contributed by atoms with Crippen molar-refractivity contribution in [3.05, 3.63) is 53.6 Å². The Labute approximate surface area is 117 Å². The Morgan fingerprint density at radius 2 is 2.10 bits per heavy atom. The van der Waals surface area contributed by atoms with Crippen LogP contribution in [0.3, 0.4) is 0 Å². The Kier molecular flexibility index (Phi) is 4.30. The van der Waals surface area contributed by atoms with Gasteiger partial charge >= 0.3 is 0 Å². The van der Waals surface area contributed by atoms with Gasteiger partial charge in [-0.25, -0.2) is 9.37 Å². The van der Waals surface area contributed by atoms with Crippen molar-refractivity contribution < 1.29 is 9.18 Å². The lowest BCUT2D eigenvalue weighted by molar-refractivity contribution is 0.102. The Bertz CT molecular complexity index is 611. The fourth-order valence-corrected chi connectivity index (χ4v) is 1.76. The Hall–Kier alpha value is -2.43. The van der Waals surface area contributed by atoms with Crippen LogP contribution >= 0.6 is 0 Å². The van der Waals surface area contributed by atoms with Crippen LogP contribution in [0.2, 0.25) is 0 Å². The summed E-state index contributed by atoms with van der Waals surface area (Å²) >= 11 is 0. The minimum atomic E-state index is -0.465. The lowest BCUT2D eigenvalue weighted by Gasteiger charge is -2.08. The van der Waals surface area contributed by atoms with E-state index in [0.29, 0.717) is 0 Å². The second kappa shape index (κ2) is 6.14. The SMILES string of the molecule is CCNc1ccc(C(=O)Nc2cc(C)ccc2F)nc1. The van der Waals surface area contributed by atoms with Crippen LogP contribution in [0.5, 0.6) is 0 Å². The molecule has 1 amide bonds. The molecule has 0 bridgehead atoms. The van der Waals surface area contributed by atoms with Gasteiger partial charge in [-0.3, -0.25) is 4.79 Å². The fourth-order valence-electron chi connectivity index (χ4n) is 1.76. The molecule has 5 heteroatoms. The highest BCUT2D eigenvalue weighted by Crippen LogP contribution is 2.16. The van der Waals surface area contributed by atoms with E-state index in [1.807, 2.05) is 13.8 Å². The van der Waals surface area contributed by atoms with E-state index in [2.05, 4.69) is 15.6 Å². The van der Waals surface area contributed by atoms with Crippen LogP contribution in [0.15, 0.2) is 36.5 Å². The lowest BCUT2D eigenvalue weighted by atomic mass is 10.2. The van der Waals surface area contributed by atoms with Gasteiger partial charge in [0.05, 0.1) is 17.6 Å². The number of halogens is 1. The molecule has 0 saturated carbocycles. The van der Waals surface area contributed by atoms with Crippen molar-refractivity contribution in [3.8, 4) is 0 Å². The highest BCUT2D eigenvalue weighted by Gasteiger charge is 2.10. The van der Waals surface area contributed by atoms with E-state index < -0.39 is 11.7 Å². The molecule has 0 aliphatic heterocycles. The number of carbonyl (C=O) groups excluding carboxylic acids is 1. The molecule has 20 heavy (non-hydrogen) atoms. The summed E-state index contributed by atoms with van der Waals surface area (Å²) in [5.41, 5.74) is 2.11. The van der Waals surface area contributed by atoms with Gasteiger partial charge in [-0.1, -0.05) is 6.07 Å². The van der Waals surface area contributed by atoms with Crippen LogP contribution in [-0.2, 0) is 0 Å². The number of aromatic nitrogens is 1. The van der Waals surface area contributed by atoms with Crippen molar-refractivity contribution in [1.29, 1.82) is 0 Å². The molecule has 0 radical (unpaired) electrons. The van der Waals surface area contributed by atoms with Gasteiger partial charge in [-0.05, 0) is 43.7 Å². The van der Waals surface area contributed by atoms with Gasteiger partial charge in [0, 0.05) is 6.54 Å². The molecule has 1 aromatic heterocycles. The molecule has 2 rings (SSSR count). The van der Waals surface area contributed by atoms with Crippen molar-refractivity contribution in [2.45, 2.75) is 13.8 Å². The predicted molar refractivity (Wildman–Crippen MR) is 77.5 cm³/mol. The molecule has 0 aliphatic rings. The van der Waals surface area contributed by atoms with E-state index in [1.54, 1.807) is 30.5 Å². The van der Waals surface area contributed by atoms with Gasteiger partial charge in [0.1, 0.15) is 11.5 Å². The molecule has 4 nitrogen and oxygen atoms in total. The number of hydrogen-bond donors (Lipinski definition) is 2. The molecular weight excluding hydrogens is 257 g/mol. The summed E-state index contributed by atoms with van der Waals surface area (Å²) in [7, 11) is 0. The maximum atomic E-state index is 13.6. The van der Waals surface area contributed by atoms with Crippen LogP contribution in [0.1, 0.15) is 23.0 Å². The smallest absolute Gasteiger partial charge is 0.274 e. The Morgan fingerprint density at radius 1 is 1.30 bits per heavy atom. The number of benzene rings is 1. The first-order chi connectivity index (χ1) is 9.60. The minimum absolute atomic E-state index is 0.160. The molecule has 1 aromatic carbocycles. The van der Waals surface area contributed by atoms with Crippen molar-refractivity contribution in [2.24, 2.45) is 0 Å². The molecule has 104 valence electrons. The normalized spacial score (nSPS) is 10.2. The number of amides is 1. The second-order valence-corrected chi connectivity index (χ2v) is 4.40. The van der Waals surface area contributed by atoms with Gasteiger partial charge in [-0.15, -0.1) is 0 Å². The molecule has 0 saturated heterocycles. The van der Waals surface area contributed by atoms with E-state index in [-0.39, 0.29) is 11.4 Å². The molecule has 0 fully saturated rings. The van der Waals surface area contributed by atoms with E-state index >= 15 is 0 Å². The maximum Gasteiger partial charge on any atom is 0.274 e. The molecule has 0 atom stereocenters. The standard InChI is InChI=1S/C15H16FN3O/c1-3-17-11-5-7-13(18-9-11)15(20)19-14-8-10(2)4-6-12(14)16/h4-9,17H,3H2,1-2H3,(H,19,20). The van der Waals surface area contributed by atoms with Gasteiger partial charge in [0.25, 0.3) is 5.91 Å². The van der Waals surface area contributed by atoms with Crippen LogP contribution in [-0.4, -0.2) is 17.4 Å². The number of nitrogens with zero attached hydrogens (tertiary/aromatic N) is 1. The molecule has 1 heterocycles. The first kappa shape index (κ1) is 14.0. The van der Waals surface area contributed by atoms with Gasteiger partial charge in [0.2, 0.25) is 0 Å². The lowest BCUT2D eigenvalue weighted by Crippen LogP contribution is -2.14. The second-order valence-electron chi connectivity index (χ2n) is 4.40. The highest BCUT2D eigenvalue weighted by molar-refractivity contribution is 6.03. The zero-order valence-corrected chi connectivity index (χ0v) is 11.4. The molecule has 0 unspecified atom stereocenters. The van der Waals surface area contributed by atoms with E-state index in [9.17, 15) is 9.18 Å². The fraction of sp³-hybridized carbons (Fsp3) is 0.200. The van der Waals surface area contributed by atoms with Crippen molar-refractivity contribution in [3.63, 3.8) is 0 Å². The zero-order chi connectivity index (χ0) is 14.5. The monoisotopic (exact) mass is 273 g/mol. The predicted octanol–water partition coefficient (Wildman–Crippen LogP) is 3.21. The summed E-state index contributed by atoms with van der Waals surface area (Å²) in [5.74, 6) is -0.897. The number of carbonyl (C=O) groups is 1. The van der Waals surface area contributed by atoms with E-state index in [4.69, 9.17) is 0 Å². The van der Waals surface area contributed by atoms with Crippen molar-refractivity contribution in [1.82, 2.24) is 4.98 Å². The van der Waals surface area contributed by atoms with Crippen molar-refractivity contribution in [2.75, 3.05) is 17.2 Å².